The van der Waals surface area contributed by atoms with Crippen LogP contribution in [0.3, 0.4) is 0 Å². The third-order valence-corrected chi connectivity index (χ3v) is 3.11. The molecule has 1 aliphatic rings. The number of rotatable bonds is 2. The van der Waals surface area contributed by atoms with Crippen LogP contribution in [-0.4, -0.2) is 33.1 Å². The zero-order valence-corrected chi connectivity index (χ0v) is 10.2. The molecule has 6 nitrogen and oxygen atoms in total. The molecule has 2 aromatic heterocycles. The zero-order valence-electron chi connectivity index (χ0n) is 10.2. The summed E-state index contributed by atoms with van der Waals surface area (Å²) in [6, 6.07) is 1.75. The Bertz CT molecular complexity index is 591. The number of hydrogen-bond acceptors (Lipinski definition) is 4. The van der Waals surface area contributed by atoms with Crippen molar-refractivity contribution < 1.29 is 4.79 Å². The summed E-state index contributed by atoms with van der Waals surface area (Å²) in [6.45, 7) is 2.70. The Morgan fingerprint density at radius 2 is 2.44 bits per heavy atom. The van der Waals surface area contributed by atoms with Crippen LogP contribution in [0.2, 0.25) is 0 Å². The first-order valence-corrected chi connectivity index (χ1v) is 6.09. The molecule has 18 heavy (non-hydrogen) atoms. The summed E-state index contributed by atoms with van der Waals surface area (Å²) in [5.41, 5.74) is 1.83. The number of anilines is 1. The summed E-state index contributed by atoms with van der Waals surface area (Å²) in [6.07, 6.45) is 5.31. The Labute approximate surface area is 104 Å². The summed E-state index contributed by atoms with van der Waals surface area (Å²) in [5.74, 6) is 0.751. The number of fused-ring (bicyclic) bond motifs is 1. The molecular weight excluding hydrogens is 230 g/mol. The second-order valence-corrected chi connectivity index (χ2v) is 4.52. The molecule has 2 N–H and O–H groups in total. The maximum Gasteiger partial charge on any atom is 0.242 e. The van der Waals surface area contributed by atoms with E-state index in [1.165, 1.54) is 0 Å². The predicted octanol–water partition coefficient (Wildman–Crippen LogP) is 0.728. The second-order valence-electron chi connectivity index (χ2n) is 4.52. The van der Waals surface area contributed by atoms with E-state index >= 15 is 0 Å². The molecule has 1 saturated heterocycles. The minimum absolute atomic E-state index is 0.0429. The Morgan fingerprint density at radius 3 is 3.28 bits per heavy atom. The molecule has 3 rings (SSSR count). The van der Waals surface area contributed by atoms with Crippen LogP contribution in [0.4, 0.5) is 5.82 Å². The fraction of sp³-hybridized carbons (Fsp3) is 0.417. The molecule has 1 amide bonds. The van der Waals surface area contributed by atoms with Crippen LogP contribution in [0.5, 0.6) is 0 Å². The number of carbonyl (C=O) groups excluding carboxylic acids is 1. The number of nitrogens with one attached hydrogen (secondary N) is 2. The summed E-state index contributed by atoms with van der Waals surface area (Å²) < 4.78 is 1.77. The van der Waals surface area contributed by atoms with Gasteiger partial charge in [-0.2, -0.15) is 5.10 Å². The van der Waals surface area contributed by atoms with E-state index in [2.05, 4.69) is 20.7 Å². The van der Waals surface area contributed by atoms with E-state index in [1.807, 2.05) is 13.0 Å². The van der Waals surface area contributed by atoms with E-state index in [1.54, 1.807) is 16.9 Å². The molecule has 6 heteroatoms. The molecule has 1 unspecified atom stereocenters. The lowest BCUT2D eigenvalue weighted by Gasteiger charge is -2.23. The van der Waals surface area contributed by atoms with E-state index in [0.717, 1.165) is 30.6 Å². The molecule has 0 aliphatic carbocycles. The van der Waals surface area contributed by atoms with E-state index in [-0.39, 0.29) is 11.9 Å². The Kier molecular flexibility index (Phi) is 2.62. The van der Waals surface area contributed by atoms with Crippen LogP contribution in [0.1, 0.15) is 18.5 Å². The molecule has 94 valence electrons. The van der Waals surface area contributed by atoms with Gasteiger partial charge in [-0.1, -0.05) is 0 Å². The molecule has 0 bridgehead atoms. The lowest BCUT2D eigenvalue weighted by molar-refractivity contribution is -0.123. The van der Waals surface area contributed by atoms with E-state index in [0.29, 0.717) is 5.82 Å². The highest BCUT2D eigenvalue weighted by atomic mass is 16.2. The first-order chi connectivity index (χ1) is 8.74. The van der Waals surface area contributed by atoms with Crippen LogP contribution in [0.25, 0.3) is 5.52 Å². The molecule has 2 aromatic rings. The molecule has 0 spiro atoms. The highest BCUT2D eigenvalue weighted by Gasteiger charge is 2.22. The van der Waals surface area contributed by atoms with Crippen molar-refractivity contribution in [1.82, 2.24) is 19.9 Å². The van der Waals surface area contributed by atoms with Gasteiger partial charge in [0.05, 0.1) is 5.69 Å². The van der Waals surface area contributed by atoms with Crippen LogP contribution in [0.15, 0.2) is 18.5 Å². The predicted molar refractivity (Wildman–Crippen MR) is 67.4 cm³/mol. The van der Waals surface area contributed by atoms with Crippen molar-refractivity contribution in [1.29, 1.82) is 0 Å². The monoisotopic (exact) mass is 245 g/mol. The highest BCUT2D eigenvalue weighted by Crippen LogP contribution is 2.17. The maximum absolute atomic E-state index is 11.7. The smallest absolute Gasteiger partial charge is 0.242 e. The van der Waals surface area contributed by atoms with Crippen LogP contribution >= 0.6 is 0 Å². The maximum atomic E-state index is 11.7. The normalized spacial score (nSPS) is 19.8. The second kappa shape index (κ2) is 4.29. The van der Waals surface area contributed by atoms with Crippen molar-refractivity contribution in [3.63, 3.8) is 0 Å². The number of aromatic nitrogens is 3. The molecule has 0 aromatic carbocycles. The van der Waals surface area contributed by atoms with Crippen molar-refractivity contribution in [2.24, 2.45) is 0 Å². The van der Waals surface area contributed by atoms with E-state index < -0.39 is 0 Å². The van der Waals surface area contributed by atoms with Gasteiger partial charge in [0.2, 0.25) is 5.91 Å². The van der Waals surface area contributed by atoms with Gasteiger partial charge in [0, 0.05) is 18.9 Å². The summed E-state index contributed by atoms with van der Waals surface area (Å²) in [4.78, 5) is 16.0. The first-order valence-electron chi connectivity index (χ1n) is 6.09. The average molecular weight is 245 g/mol. The third kappa shape index (κ3) is 1.90. The quantitative estimate of drug-likeness (QED) is 0.818. The van der Waals surface area contributed by atoms with Gasteiger partial charge < -0.3 is 10.6 Å². The Balaban J connectivity index is 1.92. The molecule has 0 radical (unpaired) electrons. The SMILES string of the molecule is Cc1cc2c(NC3CCCNC3=O)nccn2n1. The van der Waals surface area contributed by atoms with Crippen molar-refractivity contribution in [3.05, 3.63) is 24.2 Å². The average Bonchev–Trinajstić information content (AvgIpc) is 2.73. The molecule has 0 saturated carbocycles. The zero-order chi connectivity index (χ0) is 12.5. The first kappa shape index (κ1) is 11.0. The van der Waals surface area contributed by atoms with Crippen LogP contribution in [-0.2, 0) is 4.79 Å². The standard InChI is InChI=1S/C12H15N5O/c1-8-7-10-11(13-5-6-17(10)16-8)15-9-3-2-4-14-12(9)18/h5-7,9H,2-4H2,1H3,(H,13,15)(H,14,18). The van der Waals surface area contributed by atoms with Gasteiger partial charge >= 0.3 is 0 Å². The number of piperidine rings is 1. The minimum Gasteiger partial charge on any atom is -0.357 e. The van der Waals surface area contributed by atoms with Gasteiger partial charge in [0.15, 0.2) is 5.82 Å². The van der Waals surface area contributed by atoms with Gasteiger partial charge in [0.1, 0.15) is 11.6 Å². The van der Waals surface area contributed by atoms with Crippen LogP contribution in [0, 0.1) is 6.92 Å². The summed E-state index contributed by atoms with van der Waals surface area (Å²) in [5, 5.41) is 10.4. The number of amides is 1. The van der Waals surface area contributed by atoms with Gasteiger partial charge in [-0.05, 0) is 25.8 Å². The number of nitrogens with zero attached hydrogens (tertiary/aromatic N) is 3. The van der Waals surface area contributed by atoms with Crippen molar-refractivity contribution in [2.45, 2.75) is 25.8 Å². The Hall–Kier alpha value is -2.11. The third-order valence-electron chi connectivity index (χ3n) is 3.11. The lowest BCUT2D eigenvalue weighted by atomic mass is 10.1. The molecule has 3 heterocycles. The molecule has 1 atom stereocenters. The van der Waals surface area contributed by atoms with Crippen LogP contribution < -0.4 is 10.6 Å². The minimum atomic E-state index is -0.201. The fourth-order valence-corrected chi connectivity index (χ4v) is 2.23. The lowest BCUT2D eigenvalue weighted by Crippen LogP contribution is -2.44. The van der Waals surface area contributed by atoms with Crippen molar-refractivity contribution >= 4 is 17.2 Å². The summed E-state index contributed by atoms with van der Waals surface area (Å²) >= 11 is 0. The number of carbonyl (C=O) groups is 1. The summed E-state index contributed by atoms with van der Waals surface area (Å²) in [7, 11) is 0. The van der Waals surface area contributed by atoms with Gasteiger partial charge in [-0.25, -0.2) is 9.50 Å². The highest BCUT2D eigenvalue weighted by molar-refractivity contribution is 5.86. The van der Waals surface area contributed by atoms with Crippen molar-refractivity contribution in [2.75, 3.05) is 11.9 Å². The van der Waals surface area contributed by atoms with Gasteiger partial charge in [-0.15, -0.1) is 0 Å². The van der Waals surface area contributed by atoms with Crippen molar-refractivity contribution in [3.8, 4) is 0 Å². The molecule has 1 fully saturated rings. The molecular formula is C12H15N5O. The topological polar surface area (TPSA) is 71.3 Å². The fourth-order valence-electron chi connectivity index (χ4n) is 2.23. The van der Waals surface area contributed by atoms with Gasteiger partial charge in [-0.3, -0.25) is 4.79 Å². The van der Waals surface area contributed by atoms with Gasteiger partial charge in [0.25, 0.3) is 0 Å². The van der Waals surface area contributed by atoms with E-state index in [4.69, 9.17) is 0 Å². The van der Waals surface area contributed by atoms with E-state index in [9.17, 15) is 4.79 Å². The largest absolute Gasteiger partial charge is 0.357 e. The number of aryl methyl sites for hydroxylation is 1. The Morgan fingerprint density at radius 1 is 1.56 bits per heavy atom. The molecule has 1 aliphatic heterocycles. The number of hydrogen-bond donors (Lipinski definition) is 2.